The Labute approximate surface area is 91.5 Å². The molecule has 0 aromatic carbocycles. The van der Waals surface area contributed by atoms with Gasteiger partial charge in [0.1, 0.15) is 0 Å². The standard InChI is InChI=1S/C12H19N3/c1-15(12-3-2-6-14-9-12)10-11-4-7-13-8-5-11/h4-5,7-8,12,14H,2-3,6,9-10H2,1H3. The average molecular weight is 205 g/mol. The molecule has 0 saturated carbocycles. The van der Waals surface area contributed by atoms with Crippen molar-refractivity contribution in [2.24, 2.45) is 0 Å². The summed E-state index contributed by atoms with van der Waals surface area (Å²) in [5.74, 6) is 0. The number of hydrogen-bond acceptors (Lipinski definition) is 3. The Balaban J connectivity index is 1.88. The summed E-state index contributed by atoms with van der Waals surface area (Å²) in [5.41, 5.74) is 1.35. The predicted octanol–water partition coefficient (Wildman–Crippen LogP) is 1.27. The first kappa shape index (κ1) is 10.6. The normalized spacial score (nSPS) is 21.9. The number of hydrogen-bond donors (Lipinski definition) is 1. The van der Waals surface area contributed by atoms with Gasteiger partial charge in [0, 0.05) is 31.5 Å². The van der Waals surface area contributed by atoms with E-state index in [-0.39, 0.29) is 0 Å². The summed E-state index contributed by atoms with van der Waals surface area (Å²) < 4.78 is 0. The molecule has 1 aromatic heterocycles. The van der Waals surface area contributed by atoms with E-state index in [4.69, 9.17) is 0 Å². The summed E-state index contributed by atoms with van der Waals surface area (Å²) in [5, 5.41) is 3.45. The van der Waals surface area contributed by atoms with Crippen LogP contribution in [0.15, 0.2) is 24.5 Å². The molecule has 0 bridgehead atoms. The maximum atomic E-state index is 4.03. The molecule has 1 aliphatic rings. The van der Waals surface area contributed by atoms with Crippen molar-refractivity contribution in [3.63, 3.8) is 0 Å². The molecule has 0 radical (unpaired) electrons. The van der Waals surface area contributed by atoms with E-state index in [1.165, 1.54) is 24.9 Å². The molecule has 3 heteroatoms. The first-order valence-electron chi connectivity index (χ1n) is 5.66. The SMILES string of the molecule is CN(Cc1ccncc1)C1CCCNC1. The van der Waals surface area contributed by atoms with Crippen LogP contribution in [0.3, 0.4) is 0 Å². The second-order valence-corrected chi connectivity index (χ2v) is 4.27. The minimum atomic E-state index is 0.687. The van der Waals surface area contributed by atoms with E-state index < -0.39 is 0 Å². The Kier molecular flexibility index (Phi) is 3.69. The lowest BCUT2D eigenvalue weighted by molar-refractivity contribution is 0.196. The van der Waals surface area contributed by atoms with Crippen molar-refractivity contribution in [2.75, 3.05) is 20.1 Å². The number of likely N-dealkylation sites (N-methyl/N-ethyl adjacent to an activating group) is 1. The van der Waals surface area contributed by atoms with Crippen LogP contribution in [-0.4, -0.2) is 36.1 Å². The lowest BCUT2D eigenvalue weighted by Crippen LogP contribution is -2.43. The smallest absolute Gasteiger partial charge is 0.0271 e. The third-order valence-corrected chi connectivity index (χ3v) is 3.08. The van der Waals surface area contributed by atoms with Gasteiger partial charge in [0.2, 0.25) is 0 Å². The molecule has 3 nitrogen and oxygen atoms in total. The molecule has 0 spiro atoms. The number of nitrogens with zero attached hydrogens (tertiary/aromatic N) is 2. The first-order chi connectivity index (χ1) is 7.36. The highest BCUT2D eigenvalue weighted by Gasteiger charge is 2.17. The summed E-state index contributed by atoms with van der Waals surface area (Å²) in [7, 11) is 2.21. The van der Waals surface area contributed by atoms with Crippen molar-refractivity contribution in [1.82, 2.24) is 15.2 Å². The number of pyridine rings is 1. The molecule has 1 unspecified atom stereocenters. The lowest BCUT2D eigenvalue weighted by atomic mass is 10.1. The summed E-state index contributed by atoms with van der Waals surface area (Å²) in [6.07, 6.45) is 6.34. The minimum Gasteiger partial charge on any atom is -0.315 e. The van der Waals surface area contributed by atoms with Crippen LogP contribution in [0.2, 0.25) is 0 Å². The van der Waals surface area contributed by atoms with E-state index in [0.717, 1.165) is 13.1 Å². The van der Waals surface area contributed by atoms with Gasteiger partial charge in [-0.15, -0.1) is 0 Å². The Morgan fingerprint density at radius 1 is 1.47 bits per heavy atom. The lowest BCUT2D eigenvalue weighted by Gasteiger charge is -2.31. The van der Waals surface area contributed by atoms with Crippen LogP contribution in [0.1, 0.15) is 18.4 Å². The van der Waals surface area contributed by atoms with E-state index >= 15 is 0 Å². The highest BCUT2D eigenvalue weighted by molar-refractivity contribution is 5.09. The Morgan fingerprint density at radius 3 is 2.93 bits per heavy atom. The summed E-state index contributed by atoms with van der Waals surface area (Å²) in [6, 6.07) is 4.87. The summed E-state index contributed by atoms with van der Waals surface area (Å²) >= 11 is 0. The van der Waals surface area contributed by atoms with Gasteiger partial charge in [-0.3, -0.25) is 9.88 Å². The van der Waals surface area contributed by atoms with E-state index in [9.17, 15) is 0 Å². The third kappa shape index (κ3) is 3.01. The van der Waals surface area contributed by atoms with Crippen LogP contribution in [0.5, 0.6) is 0 Å². The summed E-state index contributed by atoms with van der Waals surface area (Å²) in [6.45, 7) is 3.33. The Bertz CT molecular complexity index is 280. The van der Waals surface area contributed by atoms with Crippen molar-refractivity contribution in [3.05, 3.63) is 30.1 Å². The first-order valence-corrected chi connectivity index (χ1v) is 5.66. The number of piperidine rings is 1. The largest absolute Gasteiger partial charge is 0.315 e. The van der Waals surface area contributed by atoms with E-state index in [1.54, 1.807) is 0 Å². The summed E-state index contributed by atoms with van der Waals surface area (Å²) in [4.78, 5) is 6.47. The molecule has 15 heavy (non-hydrogen) atoms. The minimum absolute atomic E-state index is 0.687. The second-order valence-electron chi connectivity index (χ2n) is 4.27. The average Bonchev–Trinajstić information content (AvgIpc) is 2.31. The zero-order chi connectivity index (χ0) is 10.5. The van der Waals surface area contributed by atoms with Crippen molar-refractivity contribution in [3.8, 4) is 0 Å². The second kappa shape index (κ2) is 5.24. The number of rotatable bonds is 3. The molecular weight excluding hydrogens is 186 g/mol. The van der Waals surface area contributed by atoms with E-state index in [2.05, 4.69) is 34.4 Å². The molecule has 0 aliphatic carbocycles. The fourth-order valence-corrected chi connectivity index (χ4v) is 2.11. The predicted molar refractivity (Wildman–Crippen MR) is 61.6 cm³/mol. The van der Waals surface area contributed by atoms with Crippen LogP contribution in [0.4, 0.5) is 0 Å². The number of aromatic nitrogens is 1. The van der Waals surface area contributed by atoms with Gasteiger partial charge in [-0.05, 0) is 44.1 Å². The molecular formula is C12H19N3. The molecule has 1 N–H and O–H groups in total. The quantitative estimate of drug-likeness (QED) is 0.805. The molecule has 2 rings (SSSR count). The van der Waals surface area contributed by atoms with Gasteiger partial charge in [0.25, 0.3) is 0 Å². The maximum absolute atomic E-state index is 4.03. The Morgan fingerprint density at radius 2 is 2.27 bits per heavy atom. The van der Waals surface area contributed by atoms with Gasteiger partial charge in [-0.1, -0.05) is 0 Å². The third-order valence-electron chi connectivity index (χ3n) is 3.08. The maximum Gasteiger partial charge on any atom is 0.0271 e. The highest BCUT2D eigenvalue weighted by Crippen LogP contribution is 2.11. The van der Waals surface area contributed by atoms with Crippen LogP contribution >= 0.6 is 0 Å². The monoisotopic (exact) mass is 205 g/mol. The van der Waals surface area contributed by atoms with Crippen molar-refractivity contribution in [2.45, 2.75) is 25.4 Å². The molecule has 82 valence electrons. The van der Waals surface area contributed by atoms with Gasteiger partial charge >= 0.3 is 0 Å². The topological polar surface area (TPSA) is 28.2 Å². The fourth-order valence-electron chi connectivity index (χ4n) is 2.11. The molecule has 2 heterocycles. The van der Waals surface area contributed by atoms with Gasteiger partial charge in [-0.25, -0.2) is 0 Å². The van der Waals surface area contributed by atoms with Crippen molar-refractivity contribution < 1.29 is 0 Å². The molecule has 1 saturated heterocycles. The van der Waals surface area contributed by atoms with Crippen LogP contribution in [0.25, 0.3) is 0 Å². The number of nitrogens with one attached hydrogen (secondary N) is 1. The molecule has 1 atom stereocenters. The van der Waals surface area contributed by atoms with Gasteiger partial charge < -0.3 is 5.32 Å². The van der Waals surface area contributed by atoms with Gasteiger partial charge in [0.05, 0.1) is 0 Å². The molecule has 0 amide bonds. The van der Waals surface area contributed by atoms with Crippen LogP contribution in [0, 0.1) is 0 Å². The van der Waals surface area contributed by atoms with Gasteiger partial charge in [-0.2, -0.15) is 0 Å². The molecule has 1 aliphatic heterocycles. The van der Waals surface area contributed by atoms with Crippen molar-refractivity contribution >= 4 is 0 Å². The van der Waals surface area contributed by atoms with Crippen LogP contribution < -0.4 is 5.32 Å². The molecule has 1 fully saturated rings. The van der Waals surface area contributed by atoms with E-state index in [1.807, 2.05) is 12.4 Å². The van der Waals surface area contributed by atoms with Crippen LogP contribution in [-0.2, 0) is 6.54 Å². The zero-order valence-electron chi connectivity index (χ0n) is 9.32. The van der Waals surface area contributed by atoms with Crippen molar-refractivity contribution in [1.29, 1.82) is 0 Å². The van der Waals surface area contributed by atoms with Gasteiger partial charge in [0.15, 0.2) is 0 Å². The fraction of sp³-hybridized carbons (Fsp3) is 0.583. The highest BCUT2D eigenvalue weighted by atomic mass is 15.2. The Hall–Kier alpha value is -0.930. The molecule has 1 aromatic rings. The zero-order valence-corrected chi connectivity index (χ0v) is 9.32. The van der Waals surface area contributed by atoms with E-state index in [0.29, 0.717) is 6.04 Å².